The van der Waals surface area contributed by atoms with Gasteiger partial charge in [-0.1, -0.05) is 6.07 Å². The Bertz CT molecular complexity index is 741. The van der Waals surface area contributed by atoms with Crippen LogP contribution in [0.3, 0.4) is 0 Å². The SMILES string of the molecule is c1cncc(C2CNCCN2Cc2csc(-c3ccco3)n2)c1. The van der Waals surface area contributed by atoms with Crippen LogP contribution < -0.4 is 5.32 Å². The van der Waals surface area contributed by atoms with Crippen molar-refractivity contribution in [1.29, 1.82) is 0 Å². The molecule has 0 aliphatic carbocycles. The van der Waals surface area contributed by atoms with Gasteiger partial charge in [-0.25, -0.2) is 4.98 Å². The summed E-state index contributed by atoms with van der Waals surface area (Å²) in [5.74, 6) is 0.838. The molecule has 0 radical (unpaired) electrons. The highest BCUT2D eigenvalue weighted by Gasteiger charge is 2.24. The summed E-state index contributed by atoms with van der Waals surface area (Å²) in [6.45, 7) is 3.80. The second-order valence-corrected chi connectivity index (χ2v) is 6.46. The first-order valence-electron chi connectivity index (χ1n) is 7.73. The van der Waals surface area contributed by atoms with Crippen LogP contribution >= 0.6 is 11.3 Å². The predicted molar refractivity (Wildman–Crippen MR) is 90.1 cm³/mol. The summed E-state index contributed by atoms with van der Waals surface area (Å²) in [5.41, 5.74) is 2.35. The number of aromatic nitrogens is 2. The molecule has 4 heterocycles. The van der Waals surface area contributed by atoms with Gasteiger partial charge in [0.25, 0.3) is 0 Å². The molecule has 0 bridgehead atoms. The number of piperazine rings is 1. The number of nitrogens with zero attached hydrogens (tertiary/aromatic N) is 3. The topological polar surface area (TPSA) is 54.2 Å². The van der Waals surface area contributed by atoms with Gasteiger partial charge in [0.2, 0.25) is 0 Å². The molecular weight excluding hydrogens is 308 g/mol. The molecule has 118 valence electrons. The van der Waals surface area contributed by atoms with E-state index in [-0.39, 0.29) is 0 Å². The van der Waals surface area contributed by atoms with Gasteiger partial charge in [-0.3, -0.25) is 9.88 Å². The molecule has 3 aromatic rings. The van der Waals surface area contributed by atoms with E-state index in [0.717, 1.165) is 42.6 Å². The number of thiazole rings is 1. The molecule has 1 N–H and O–H groups in total. The van der Waals surface area contributed by atoms with E-state index >= 15 is 0 Å². The highest BCUT2D eigenvalue weighted by molar-refractivity contribution is 7.13. The third kappa shape index (κ3) is 3.19. The Hall–Kier alpha value is -2.02. The monoisotopic (exact) mass is 326 g/mol. The molecular formula is C17H18N4OS. The number of pyridine rings is 1. The lowest BCUT2D eigenvalue weighted by molar-refractivity contribution is 0.152. The minimum Gasteiger partial charge on any atom is -0.462 e. The van der Waals surface area contributed by atoms with E-state index in [2.05, 4.69) is 26.6 Å². The molecule has 4 rings (SSSR count). The van der Waals surface area contributed by atoms with Gasteiger partial charge < -0.3 is 9.73 Å². The molecule has 3 aromatic heterocycles. The summed E-state index contributed by atoms with van der Waals surface area (Å²) in [5, 5.41) is 6.54. The van der Waals surface area contributed by atoms with Gasteiger partial charge in [-0.15, -0.1) is 11.3 Å². The van der Waals surface area contributed by atoms with Gasteiger partial charge in [0, 0.05) is 50.0 Å². The Morgan fingerprint density at radius 3 is 3.17 bits per heavy atom. The Morgan fingerprint density at radius 1 is 1.35 bits per heavy atom. The van der Waals surface area contributed by atoms with E-state index in [1.165, 1.54) is 5.56 Å². The largest absolute Gasteiger partial charge is 0.462 e. The fourth-order valence-electron chi connectivity index (χ4n) is 2.94. The zero-order valence-corrected chi connectivity index (χ0v) is 13.5. The van der Waals surface area contributed by atoms with Crippen LogP contribution in [-0.4, -0.2) is 34.5 Å². The van der Waals surface area contributed by atoms with Crippen LogP contribution in [0, 0.1) is 0 Å². The summed E-state index contributed by atoms with van der Waals surface area (Å²) in [7, 11) is 0. The van der Waals surface area contributed by atoms with Crippen LogP contribution in [0.15, 0.2) is 52.7 Å². The fraction of sp³-hybridized carbons (Fsp3) is 0.294. The molecule has 0 aromatic carbocycles. The lowest BCUT2D eigenvalue weighted by Crippen LogP contribution is -2.45. The number of rotatable bonds is 4. The van der Waals surface area contributed by atoms with Gasteiger partial charge >= 0.3 is 0 Å². The van der Waals surface area contributed by atoms with E-state index in [9.17, 15) is 0 Å². The van der Waals surface area contributed by atoms with Crippen LogP contribution in [0.5, 0.6) is 0 Å². The molecule has 0 spiro atoms. The van der Waals surface area contributed by atoms with Crippen molar-refractivity contribution in [2.45, 2.75) is 12.6 Å². The predicted octanol–water partition coefficient (Wildman–Crippen LogP) is 2.94. The number of hydrogen-bond donors (Lipinski definition) is 1. The maximum Gasteiger partial charge on any atom is 0.162 e. The van der Waals surface area contributed by atoms with E-state index in [0.29, 0.717) is 6.04 Å². The Morgan fingerprint density at radius 2 is 2.35 bits per heavy atom. The van der Waals surface area contributed by atoms with Crippen molar-refractivity contribution in [3.8, 4) is 10.8 Å². The van der Waals surface area contributed by atoms with Gasteiger partial charge in [0.05, 0.1) is 12.0 Å². The van der Waals surface area contributed by atoms with Crippen molar-refractivity contribution < 1.29 is 4.42 Å². The quantitative estimate of drug-likeness (QED) is 0.799. The molecule has 1 aliphatic heterocycles. The van der Waals surface area contributed by atoms with Crippen molar-refractivity contribution in [2.24, 2.45) is 0 Å². The lowest BCUT2D eigenvalue weighted by Gasteiger charge is -2.35. The van der Waals surface area contributed by atoms with Gasteiger partial charge in [0.1, 0.15) is 0 Å². The Labute approximate surface area is 139 Å². The highest BCUT2D eigenvalue weighted by atomic mass is 32.1. The lowest BCUT2D eigenvalue weighted by atomic mass is 10.1. The van der Waals surface area contributed by atoms with Crippen molar-refractivity contribution >= 4 is 11.3 Å². The minimum atomic E-state index is 0.339. The molecule has 23 heavy (non-hydrogen) atoms. The van der Waals surface area contributed by atoms with Gasteiger partial charge in [-0.05, 0) is 23.8 Å². The van der Waals surface area contributed by atoms with Crippen LogP contribution in [0.4, 0.5) is 0 Å². The second kappa shape index (κ2) is 6.62. The molecule has 1 unspecified atom stereocenters. The van der Waals surface area contributed by atoms with Gasteiger partial charge in [-0.2, -0.15) is 0 Å². The van der Waals surface area contributed by atoms with Gasteiger partial charge in [0.15, 0.2) is 10.8 Å². The zero-order valence-electron chi connectivity index (χ0n) is 12.7. The summed E-state index contributed by atoms with van der Waals surface area (Å²) in [4.78, 5) is 11.4. The molecule has 1 atom stereocenters. The van der Waals surface area contributed by atoms with Crippen LogP contribution in [0.2, 0.25) is 0 Å². The van der Waals surface area contributed by atoms with Crippen LogP contribution in [0.25, 0.3) is 10.8 Å². The van der Waals surface area contributed by atoms with Crippen molar-refractivity contribution in [3.05, 3.63) is 59.6 Å². The third-order valence-electron chi connectivity index (χ3n) is 4.07. The van der Waals surface area contributed by atoms with Crippen molar-refractivity contribution in [2.75, 3.05) is 19.6 Å². The summed E-state index contributed by atoms with van der Waals surface area (Å²) in [6.07, 6.45) is 5.46. The normalized spacial score (nSPS) is 19.0. The molecule has 1 saturated heterocycles. The first-order valence-corrected chi connectivity index (χ1v) is 8.61. The second-order valence-electron chi connectivity index (χ2n) is 5.60. The van der Waals surface area contributed by atoms with Crippen LogP contribution in [-0.2, 0) is 6.54 Å². The molecule has 0 saturated carbocycles. The van der Waals surface area contributed by atoms with Crippen LogP contribution in [0.1, 0.15) is 17.3 Å². The summed E-state index contributed by atoms with van der Waals surface area (Å²) in [6, 6.07) is 8.33. The van der Waals surface area contributed by atoms with E-state index in [1.807, 2.05) is 30.6 Å². The smallest absolute Gasteiger partial charge is 0.162 e. The fourth-order valence-corrected chi connectivity index (χ4v) is 3.72. The Kier molecular flexibility index (Phi) is 4.19. The highest BCUT2D eigenvalue weighted by Crippen LogP contribution is 2.27. The standard InChI is InChI=1S/C17H18N4OS/c1-3-13(9-18-5-1)15-10-19-6-7-21(15)11-14-12-23-17(20-14)16-4-2-8-22-16/h1-5,8-9,12,15,19H,6-7,10-11H2. The summed E-state index contributed by atoms with van der Waals surface area (Å²) >= 11 is 1.63. The maximum absolute atomic E-state index is 5.43. The Balaban J connectivity index is 1.52. The average molecular weight is 326 g/mol. The molecule has 0 amide bonds. The third-order valence-corrected chi connectivity index (χ3v) is 4.98. The first-order chi connectivity index (χ1) is 11.4. The minimum absolute atomic E-state index is 0.339. The molecule has 5 nitrogen and oxygen atoms in total. The maximum atomic E-state index is 5.43. The number of furan rings is 1. The van der Waals surface area contributed by atoms with E-state index < -0.39 is 0 Å². The summed E-state index contributed by atoms with van der Waals surface area (Å²) < 4.78 is 5.43. The molecule has 1 aliphatic rings. The van der Waals surface area contributed by atoms with Crippen molar-refractivity contribution in [3.63, 3.8) is 0 Å². The number of nitrogens with one attached hydrogen (secondary N) is 1. The van der Waals surface area contributed by atoms with E-state index in [4.69, 9.17) is 9.40 Å². The molecule has 1 fully saturated rings. The van der Waals surface area contributed by atoms with E-state index in [1.54, 1.807) is 17.6 Å². The average Bonchev–Trinajstić information content (AvgIpc) is 3.27. The first kappa shape index (κ1) is 14.6. The van der Waals surface area contributed by atoms with Crippen molar-refractivity contribution in [1.82, 2.24) is 20.2 Å². The molecule has 6 heteroatoms. The zero-order chi connectivity index (χ0) is 15.5. The number of hydrogen-bond acceptors (Lipinski definition) is 6.